The standard InChI is InChI=1S/C18H20N2O4/c1-18(2,3)24-17(23)20(4)15-10-9-14(11-19-15)12-5-7-13(8-6-12)16(21)22/h5-11H,1-4H3,(H,21,22). The van der Waals surface area contributed by atoms with Crippen molar-refractivity contribution in [1.29, 1.82) is 0 Å². The van der Waals surface area contributed by atoms with Gasteiger partial charge in [0.15, 0.2) is 0 Å². The fourth-order valence-electron chi connectivity index (χ4n) is 1.98. The van der Waals surface area contributed by atoms with Gasteiger partial charge >= 0.3 is 12.1 Å². The van der Waals surface area contributed by atoms with Crippen LogP contribution in [0, 0.1) is 0 Å². The molecule has 0 atom stereocenters. The molecule has 2 aromatic rings. The molecule has 0 radical (unpaired) electrons. The average Bonchev–Trinajstić information content (AvgIpc) is 2.53. The van der Waals surface area contributed by atoms with E-state index < -0.39 is 17.7 Å². The normalized spacial score (nSPS) is 11.0. The molecule has 0 spiro atoms. The topological polar surface area (TPSA) is 79.7 Å². The summed E-state index contributed by atoms with van der Waals surface area (Å²) in [5.41, 5.74) is 1.33. The van der Waals surface area contributed by atoms with E-state index in [1.807, 2.05) is 6.07 Å². The summed E-state index contributed by atoms with van der Waals surface area (Å²) < 4.78 is 5.30. The van der Waals surface area contributed by atoms with Crippen molar-refractivity contribution in [3.63, 3.8) is 0 Å². The van der Waals surface area contributed by atoms with Crippen LogP contribution in [-0.2, 0) is 4.74 Å². The molecule has 6 heteroatoms. The van der Waals surface area contributed by atoms with Crippen LogP contribution in [0.25, 0.3) is 11.1 Å². The molecule has 1 aromatic heterocycles. The third kappa shape index (κ3) is 4.32. The van der Waals surface area contributed by atoms with Crippen LogP contribution in [0.4, 0.5) is 10.6 Å². The minimum absolute atomic E-state index is 0.230. The van der Waals surface area contributed by atoms with E-state index >= 15 is 0 Å². The molecule has 0 bridgehead atoms. The zero-order valence-electron chi connectivity index (χ0n) is 14.1. The Balaban J connectivity index is 2.15. The quantitative estimate of drug-likeness (QED) is 0.926. The molecule has 0 aliphatic heterocycles. The number of benzene rings is 1. The monoisotopic (exact) mass is 328 g/mol. The minimum atomic E-state index is -0.964. The molecule has 0 fully saturated rings. The van der Waals surface area contributed by atoms with Gasteiger partial charge in [-0.1, -0.05) is 12.1 Å². The van der Waals surface area contributed by atoms with E-state index in [4.69, 9.17) is 9.84 Å². The van der Waals surface area contributed by atoms with Crippen molar-refractivity contribution >= 4 is 17.9 Å². The van der Waals surface area contributed by atoms with Crippen LogP contribution in [0.1, 0.15) is 31.1 Å². The molecular weight excluding hydrogens is 308 g/mol. The number of hydrogen-bond donors (Lipinski definition) is 1. The molecule has 0 saturated carbocycles. The molecule has 0 aliphatic rings. The van der Waals surface area contributed by atoms with Crippen LogP contribution < -0.4 is 4.90 Å². The zero-order chi connectivity index (χ0) is 17.9. The highest BCUT2D eigenvalue weighted by Crippen LogP contribution is 2.22. The summed E-state index contributed by atoms with van der Waals surface area (Å²) in [4.78, 5) is 28.5. The first-order valence-corrected chi connectivity index (χ1v) is 7.44. The van der Waals surface area contributed by atoms with Crippen molar-refractivity contribution < 1.29 is 19.4 Å². The Labute approximate surface area is 140 Å². The number of ether oxygens (including phenoxy) is 1. The Kier molecular flexibility index (Phi) is 4.87. The van der Waals surface area contributed by atoms with Gasteiger partial charge in [-0.05, 0) is 50.6 Å². The van der Waals surface area contributed by atoms with Crippen LogP contribution >= 0.6 is 0 Å². The van der Waals surface area contributed by atoms with Gasteiger partial charge in [-0.3, -0.25) is 4.90 Å². The predicted molar refractivity (Wildman–Crippen MR) is 91.3 cm³/mol. The fraction of sp³-hybridized carbons (Fsp3) is 0.278. The van der Waals surface area contributed by atoms with Crippen molar-refractivity contribution in [2.45, 2.75) is 26.4 Å². The van der Waals surface area contributed by atoms with Gasteiger partial charge in [-0.25, -0.2) is 14.6 Å². The maximum Gasteiger partial charge on any atom is 0.415 e. The molecule has 1 heterocycles. The lowest BCUT2D eigenvalue weighted by Crippen LogP contribution is -2.34. The molecule has 6 nitrogen and oxygen atoms in total. The number of pyridine rings is 1. The number of carbonyl (C=O) groups excluding carboxylic acids is 1. The molecule has 1 amide bonds. The largest absolute Gasteiger partial charge is 0.478 e. The van der Waals surface area contributed by atoms with Crippen molar-refractivity contribution in [3.05, 3.63) is 48.2 Å². The Morgan fingerprint density at radius 1 is 1.04 bits per heavy atom. The number of amides is 1. The summed E-state index contributed by atoms with van der Waals surface area (Å²) in [6.07, 6.45) is 1.15. The first kappa shape index (κ1) is 17.5. The van der Waals surface area contributed by atoms with Gasteiger partial charge in [0.2, 0.25) is 0 Å². The molecule has 24 heavy (non-hydrogen) atoms. The average molecular weight is 328 g/mol. The minimum Gasteiger partial charge on any atom is -0.478 e. The van der Waals surface area contributed by atoms with Gasteiger partial charge in [0.25, 0.3) is 0 Å². The number of aromatic nitrogens is 1. The summed E-state index contributed by atoms with van der Waals surface area (Å²) in [7, 11) is 1.59. The van der Waals surface area contributed by atoms with Crippen molar-refractivity contribution in [1.82, 2.24) is 4.98 Å². The third-order valence-electron chi connectivity index (χ3n) is 3.22. The van der Waals surface area contributed by atoms with E-state index in [1.165, 1.54) is 4.90 Å². The Morgan fingerprint density at radius 3 is 2.08 bits per heavy atom. The molecule has 0 aliphatic carbocycles. The highest BCUT2D eigenvalue weighted by molar-refractivity contribution is 5.88. The van der Waals surface area contributed by atoms with Crippen LogP contribution in [0.15, 0.2) is 42.6 Å². The molecule has 2 rings (SSSR count). The Hall–Kier alpha value is -2.89. The molecule has 126 valence electrons. The predicted octanol–water partition coefficient (Wildman–Crippen LogP) is 3.82. The van der Waals surface area contributed by atoms with E-state index in [2.05, 4.69) is 4.98 Å². The van der Waals surface area contributed by atoms with Gasteiger partial charge < -0.3 is 9.84 Å². The van der Waals surface area contributed by atoms with Gasteiger partial charge in [0.05, 0.1) is 5.56 Å². The smallest absolute Gasteiger partial charge is 0.415 e. The van der Waals surface area contributed by atoms with E-state index in [-0.39, 0.29) is 5.56 Å². The molecule has 0 unspecified atom stereocenters. The van der Waals surface area contributed by atoms with Crippen molar-refractivity contribution in [3.8, 4) is 11.1 Å². The summed E-state index contributed by atoms with van der Waals surface area (Å²) in [5.74, 6) is -0.496. The van der Waals surface area contributed by atoms with E-state index in [0.717, 1.165) is 11.1 Å². The molecular formula is C18H20N2O4. The zero-order valence-corrected chi connectivity index (χ0v) is 14.1. The van der Waals surface area contributed by atoms with E-state index in [9.17, 15) is 9.59 Å². The van der Waals surface area contributed by atoms with Gasteiger partial charge in [-0.2, -0.15) is 0 Å². The maximum atomic E-state index is 12.0. The second kappa shape index (κ2) is 6.70. The molecule has 1 N–H and O–H groups in total. The number of anilines is 1. The van der Waals surface area contributed by atoms with Gasteiger partial charge in [0.1, 0.15) is 11.4 Å². The van der Waals surface area contributed by atoms with E-state index in [1.54, 1.807) is 64.3 Å². The van der Waals surface area contributed by atoms with Crippen LogP contribution in [0.5, 0.6) is 0 Å². The number of rotatable bonds is 3. The van der Waals surface area contributed by atoms with Crippen molar-refractivity contribution in [2.75, 3.05) is 11.9 Å². The van der Waals surface area contributed by atoms with Crippen molar-refractivity contribution in [2.24, 2.45) is 0 Å². The first-order valence-electron chi connectivity index (χ1n) is 7.44. The SMILES string of the molecule is CN(C(=O)OC(C)(C)C)c1ccc(-c2ccc(C(=O)O)cc2)cn1. The van der Waals surface area contributed by atoms with Gasteiger partial charge in [-0.15, -0.1) is 0 Å². The second-order valence-corrected chi connectivity index (χ2v) is 6.33. The van der Waals surface area contributed by atoms with Gasteiger partial charge in [0, 0.05) is 18.8 Å². The third-order valence-corrected chi connectivity index (χ3v) is 3.22. The summed E-state index contributed by atoms with van der Waals surface area (Å²) in [6.45, 7) is 5.40. The lowest BCUT2D eigenvalue weighted by atomic mass is 10.1. The molecule has 0 saturated heterocycles. The number of aromatic carboxylic acids is 1. The summed E-state index contributed by atoms with van der Waals surface area (Å²) >= 11 is 0. The first-order chi connectivity index (χ1) is 11.2. The van der Waals surface area contributed by atoms with Crippen LogP contribution in [0.3, 0.4) is 0 Å². The lowest BCUT2D eigenvalue weighted by Gasteiger charge is -2.24. The number of hydrogen-bond acceptors (Lipinski definition) is 4. The highest BCUT2D eigenvalue weighted by atomic mass is 16.6. The number of carboxylic acids is 1. The number of carboxylic acid groups (broad SMARTS) is 1. The van der Waals surface area contributed by atoms with Crippen LogP contribution in [0.2, 0.25) is 0 Å². The molecule has 1 aromatic carbocycles. The van der Waals surface area contributed by atoms with Crippen LogP contribution in [-0.4, -0.2) is 34.8 Å². The Morgan fingerprint density at radius 2 is 1.62 bits per heavy atom. The lowest BCUT2D eigenvalue weighted by molar-refractivity contribution is 0.0587. The number of nitrogens with zero attached hydrogens (tertiary/aromatic N) is 2. The summed E-state index contributed by atoms with van der Waals surface area (Å²) in [6, 6.07) is 10.1. The second-order valence-electron chi connectivity index (χ2n) is 6.33. The summed E-state index contributed by atoms with van der Waals surface area (Å²) in [5, 5.41) is 8.91. The fourth-order valence-corrected chi connectivity index (χ4v) is 1.98. The number of carbonyl (C=O) groups is 2. The Bertz CT molecular complexity index is 731. The maximum absolute atomic E-state index is 12.0. The highest BCUT2D eigenvalue weighted by Gasteiger charge is 2.21. The van der Waals surface area contributed by atoms with E-state index in [0.29, 0.717) is 5.82 Å².